The molecule has 26 heavy (non-hydrogen) atoms. The van der Waals surface area contributed by atoms with Crippen LogP contribution in [0.5, 0.6) is 0 Å². The van der Waals surface area contributed by atoms with Gasteiger partial charge < -0.3 is 10.6 Å². The van der Waals surface area contributed by atoms with Crippen LogP contribution >= 0.6 is 28.1 Å². The lowest BCUT2D eigenvalue weighted by atomic mass is 10.1. The van der Waals surface area contributed by atoms with E-state index in [0.29, 0.717) is 17.5 Å². The topological polar surface area (TPSA) is 41.9 Å². The zero-order valence-electron chi connectivity index (χ0n) is 14.4. The Hall–Kier alpha value is -2.25. The zero-order chi connectivity index (χ0) is 18.7. The molecule has 0 aliphatic carbocycles. The minimum Gasteiger partial charge on any atom is -0.332 e. The lowest BCUT2D eigenvalue weighted by Gasteiger charge is -2.12. The van der Waals surface area contributed by atoms with Crippen LogP contribution in [0.3, 0.4) is 0 Å². The average Bonchev–Trinajstić information content (AvgIpc) is 2.93. The Bertz CT molecular complexity index is 937. The van der Waals surface area contributed by atoms with Gasteiger partial charge in [-0.1, -0.05) is 24.3 Å². The molecular formula is C19H18BrFN4S. The molecule has 2 aromatic carbocycles. The molecule has 0 saturated carbocycles. The van der Waals surface area contributed by atoms with Crippen molar-refractivity contribution >= 4 is 44.8 Å². The van der Waals surface area contributed by atoms with Crippen LogP contribution in [0.15, 0.2) is 53.1 Å². The smallest absolute Gasteiger partial charge is 0.176 e. The van der Waals surface area contributed by atoms with Gasteiger partial charge in [-0.25, -0.2) is 4.39 Å². The number of thiocarbonyl (C=S) groups is 1. The maximum Gasteiger partial charge on any atom is 0.176 e. The van der Waals surface area contributed by atoms with E-state index in [-0.39, 0.29) is 5.82 Å². The molecule has 0 saturated heterocycles. The van der Waals surface area contributed by atoms with Crippen LogP contribution in [0.4, 0.5) is 15.9 Å². The summed E-state index contributed by atoms with van der Waals surface area (Å²) in [6, 6.07) is 12.4. The van der Waals surface area contributed by atoms with Gasteiger partial charge >= 0.3 is 0 Å². The second-order valence-electron chi connectivity index (χ2n) is 5.98. The third-order valence-electron chi connectivity index (χ3n) is 4.06. The zero-order valence-corrected chi connectivity index (χ0v) is 16.8. The molecule has 134 valence electrons. The Labute approximate surface area is 165 Å². The van der Waals surface area contributed by atoms with Gasteiger partial charge in [-0.2, -0.15) is 5.10 Å². The highest BCUT2D eigenvalue weighted by atomic mass is 79.9. The molecule has 0 fully saturated rings. The molecule has 3 aromatic rings. The van der Waals surface area contributed by atoms with Crippen molar-refractivity contribution in [3.05, 3.63) is 75.6 Å². The quantitative estimate of drug-likeness (QED) is 0.551. The fourth-order valence-electron chi connectivity index (χ4n) is 2.49. The Balaban J connectivity index is 1.68. The number of nitrogens with one attached hydrogen (secondary N) is 2. The molecule has 0 atom stereocenters. The molecular weight excluding hydrogens is 415 g/mol. The Morgan fingerprint density at radius 3 is 2.62 bits per heavy atom. The number of aromatic nitrogens is 2. The number of benzene rings is 2. The number of nitrogens with zero attached hydrogens (tertiary/aromatic N) is 2. The van der Waals surface area contributed by atoms with Crippen LogP contribution in [0.1, 0.15) is 16.7 Å². The van der Waals surface area contributed by atoms with E-state index in [9.17, 15) is 4.39 Å². The Kier molecular flexibility index (Phi) is 5.68. The molecule has 2 N–H and O–H groups in total. The molecule has 0 unspecified atom stereocenters. The van der Waals surface area contributed by atoms with E-state index in [2.05, 4.69) is 44.7 Å². The van der Waals surface area contributed by atoms with Gasteiger partial charge in [-0.3, -0.25) is 4.68 Å². The maximum atomic E-state index is 13.0. The van der Waals surface area contributed by atoms with Crippen molar-refractivity contribution < 1.29 is 4.39 Å². The van der Waals surface area contributed by atoms with Gasteiger partial charge in [0.05, 0.1) is 11.0 Å². The van der Waals surface area contributed by atoms with Crippen LogP contribution in [0.25, 0.3) is 0 Å². The molecule has 0 spiro atoms. The van der Waals surface area contributed by atoms with Crippen LogP contribution in [-0.4, -0.2) is 14.9 Å². The normalized spacial score (nSPS) is 10.6. The van der Waals surface area contributed by atoms with Gasteiger partial charge in [0.25, 0.3) is 0 Å². The van der Waals surface area contributed by atoms with E-state index in [1.807, 2.05) is 25.3 Å². The number of hydrogen-bond donors (Lipinski definition) is 2. The number of aryl methyl sites for hydroxylation is 1. The average molecular weight is 433 g/mol. The molecule has 0 aliphatic rings. The summed E-state index contributed by atoms with van der Waals surface area (Å²) >= 11 is 8.89. The van der Waals surface area contributed by atoms with Crippen molar-refractivity contribution in [3.63, 3.8) is 0 Å². The third-order valence-corrected chi connectivity index (χ3v) is 4.84. The molecule has 7 heteroatoms. The first kappa shape index (κ1) is 18.5. The summed E-state index contributed by atoms with van der Waals surface area (Å²) in [7, 11) is 0. The first-order valence-electron chi connectivity index (χ1n) is 8.04. The third kappa shape index (κ3) is 4.47. The van der Waals surface area contributed by atoms with Gasteiger partial charge in [0.15, 0.2) is 10.9 Å². The molecule has 0 amide bonds. The standard InChI is InChI=1S/C19H18BrFN4S/c1-12-4-3-5-17(13(12)2)22-19(26)23-18-16(20)11-25(24-18)10-14-6-8-15(21)9-7-14/h3-9,11H,10H2,1-2H3,(H2,22,23,24,26). The predicted molar refractivity (Wildman–Crippen MR) is 111 cm³/mol. The fraction of sp³-hybridized carbons (Fsp3) is 0.158. The van der Waals surface area contributed by atoms with Gasteiger partial charge in [-0.05, 0) is 76.9 Å². The number of halogens is 2. The highest BCUT2D eigenvalue weighted by Crippen LogP contribution is 2.22. The minimum absolute atomic E-state index is 0.249. The van der Waals surface area contributed by atoms with Crippen molar-refractivity contribution in [2.75, 3.05) is 10.6 Å². The molecule has 3 rings (SSSR count). The maximum absolute atomic E-state index is 13.0. The second-order valence-corrected chi connectivity index (χ2v) is 7.24. The molecule has 1 heterocycles. The highest BCUT2D eigenvalue weighted by molar-refractivity contribution is 9.10. The van der Waals surface area contributed by atoms with Crippen molar-refractivity contribution in [2.45, 2.75) is 20.4 Å². The second kappa shape index (κ2) is 7.97. The molecule has 4 nitrogen and oxygen atoms in total. The molecule has 0 aliphatic heterocycles. The summed E-state index contributed by atoms with van der Waals surface area (Å²) in [6.45, 7) is 4.65. The molecule has 1 aromatic heterocycles. The van der Waals surface area contributed by atoms with Crippen LogP contribution in [-0.2, 0) is 6.54 Å². The Morgan fingerprint density at radius 2 is 1.88 bits per heavy atom. The van der Waals surface area contributed by atoms with Crippen molar-refractivity contribution in [2.24, 2.45) is 0 Å². The summed E-state index contributed by atoms with van der Waals surface area (Å²) in [4.78, 5) is 0. The van der Waals surface area contributed by atoms with Gasteiger partial charge in [0.2, 0.25) is 0 Å². The van der Waals surface area contributed by atoms with E-state index in [1.54, 1.807) is 16.8 Å². The summed E-state index contributed by atoms with van der Waals surface area (Å²) in [5.74, 6) is 0.371. The van der Waals surface area contributed by atoms with E-state index in [1.165, 1.54) is 17.7 Å². The van der Waals surface area contributed by atoms with Crippen molar-refractivity contribution in [1.82, 2.24) is 9.78 Å². The van der Waals surface area contributed by atoms with Crippen molar-refractivity contribution in [1.29, 1.82) is 0 Å². The number of anilines is 2. The van der Waals surface area contributed by atoms with Gasteiger partial charge in [-0.15, -0.1) is 0 Å². The summed E-state index contributed by atoms with van der Waals surface area (Å²) in [6.07, 6.45) is 1.85. The number of rotatable bonds is 4. The summed E-state index contributed by atoms with van der Waals surface area (Å²) in [5.41, 5.74) is 4.27. The van der Waals surface area contributed by atoms with Gasteiger partial charge in [0, 0.05) is 11.9 Å². The van der Waals surface area contributed by atoms with E-state index >= 15 is 0 Å². The van der Waals surface area contributed by atoms with E-state index < -0.39 is 0 Å². The van der Waals surface area contributed by atoms with Crippen LogP contribution in [0, 0.1) is 19.7 Å². The van der Waals surface area contributed by atoms with E-state index in [4.69, 9.17) is 12.2 Å². The van der Waals surface area contributed by atoms with Crippen LogP contribution in [0.2, 0.25) is 0 Å². The summed E-state index contributed by atoms with van der Waals surface area (Å²) < 4.78 is 15.6. The van der Waals surface area contributed by atoms with Crippen molar-refractivity contribution in [3.8, 4) is 0 Å². The highest BCUT2D eigenvalue weighted by Gasteiger charge is 2.10. The predicted octanol–water partition coefficient (Wildman–Crippen LogP) is 5.26. The largest absolute Gasteiger partial charge is 0.332 e. The lowest BCUT2D eigenvalue weighted by molar-refractivity contribution is 0.624. The lowest BCUT2D eigenvalue weighted by Crippen LogP contribution is -2.20. The molecule has 0 radical (unpaired) electrons. The monoisotopic (exact) mass is 432 g/mol. The SMILES string of the molecule is Cc1cccc(NC(=S)Nc2nn(Cc3ccc(F)cc3)cc2Br)c1C. The Morgan fingerprint density at radius 1 is 1.15 bits per heavy atom. The first-order chi connectivity index (χ1) is 12.4. The van der Waals surface area contributed by atoms with E-state index in [0.717, 1.165) is 21.3 Å². The summed E-state index contributed by atoms with van der Waals surface area (Å²) in [5, 5.41) is 11.3. The van der Waals surface area contributed by atoms with Gasteiger partial charge in [0.1, 0.15) is 5.82 Å². The first-order valence-corrected chi connectivity index (χ1v) is 9.24. The molecule has 0 bridgehead atoms. The number of hydrogen-bond acceptors (Lipinski definition) is 2. The fourth-order valence-corrected chi connectivity index (χ4v) is 3.11. The van der Waals surface area contributed by atoms with Crippen LogP contribution < -0.4 is 10.6 Å². The minimum atomic E-state index is -0.249.